The molecule has 0 atom stereocenters. The lowest BCUT2D eigenvalue weighted by Crippen LogP contribution is -2.03. The molecule has 0 spiro atoms. The summed E-state index contributed by atoms with van der Waals surface area (Å²) in [5.74, 6) is -0.439. The van der Waals surface area contributed by atoms with E-state index in [0.717, 1.165) is 37.4 Å². The number of hydrogen-bond donors (Lipinski definition) is 0. The van der Waals surface area contributed by atoms with Gasteiger partial charge in [0.05, 0.1) is 10.3 Å². The number of nitrogens with zero attached hydrogens (tertiary/aromatic N) is 2. The van der Waals surface area contributed by atoms with Crippen molar-refractivity contribution in [2.24, 2.45) is 0 Å². The summed E-state index contributed by atoms with van der Waals surface area (Å²) in [4.78, 5) is 31.1. The first kappa shape index (κ1) is 20.1. The van der Waals surface area contributed by atoms with Crippen molar-refractivity contribution in [1.29, 1.82) is 0 Å². The summed E-state index contributed by atoms with van der Waals surface area (Å²) in [6, 6.07) is 21.0. The second-order valence-corrected chi connectivity index (χ2v) is 9.46. The van der Waals surface area contributed by atoms with Crippen molar-refractivity contribution < 1.29 is 9.59 Å². The van der Waals surface area contributed by atoms with E-state index in [2.05, 4.69) is 0 Å². The van der Waals surface area contributed by atoms with E-state index in [9.17, 15) is 9.59 Å². The Balaban J connectivity index is 1.44. The van der Waals surface area contributed by atoms with Crippen molar-refractivity contribution in [3.05, 3.63) is 94.1 Å². The third-order valence-corrected chi connectivity index (χ3v) is 7.34. The number of thiazole rings is 1. The first-order valence-corrected chi connectivity index (χ1v) is 11.8. The SMILES string of the molecule is CCn1c(C=C2C(=O)c3cc4ccccc4cc3C2=O)cc2sc(-c3ccc(Cl)cc3)nc21. The lowest BCUT2D eigenvalue weighted by molar-refractivity contribution is 0.0990. The standard InChI is InChI=1S/C27H17ClN2O2S/c1-2-30-19(14-23-26(30)29-27(33-23)15-7-9-18(28)10-8-15)13-22-24(31)20-11-16-5-3-4-6-17(16)12-21(20)25(22)32/h3-14H,2H2,1H3. The number of halogens is 1. The molecule has 0 bridgehead atoms. The Kier molecular flexibility index (Phi) is 4.57. The summed E-state index contributed by atoms with van der Waals surface area (Å²) in [6.07, 6.45) is 1.72. The number of fused-ring (bicyclic) bond motifs is 3. The van der Waals surface area contributed by atoms with Crippen LogP contribution in [0, 0.1) is 0 Å². The van der Waals surface area contributed by atoms with Gasteiger partial charge < -0.3 is 4.57 Å². The molecule has 33 heavy (non-hydrogen) atoms. The smallest absolute Gasteiger partial charge is 0.197 e. The monoisotopic (exact) mass is 468 g/mol. The average Bonchev–Trinajstić information content (AvgIpc) is 3.44. The van der Waals surface area contributed by atoms with Crippen LogP contribution in [0.3, 0.4) is 0 Å². The Bertz CT molecular complexity index is 1580. The first-order valence-electron chi connectivity index (χ1n) is 10.6. The van der Waals surface area contributed by atoms with Gasteiger partial charge >= 0.3 is 0 Å². The van der Waals surface area contributed by atoms with Crippen LogP contribution in [-0.4, -0.2) is 21.1 Å². The number of allylic oxidation sites excluding steroid dienone is 1. The van der Waals surface area contributed by atoms with Crippen molar-refractivity contribution in [1.82, 2.24) is 9.55 Å². The fourth-order valence-electron chi connectivity index (χ4n) is 4.40. The molecule has 5 aromatic rings. The number of aromatic nitrogens is 2. The number of ketones is 2. The molecule has 4 nitrogen and oxygen atoms in total. The van der Waals surface area contributed by atoms with Gasteiger partial charge in [0.2, 0.25) is 0 Å². The van der Waals surface area contributed by atoms with Crippen LogP contribution in [-0.2, 0) is 6.54 Å². The lowest BCUT2D eigenvalue weighted by atomic mass is 10.0. The minimum absolute atomic E-state index is 0.207. The molecule has 160 valence electrons. The van der Waals surface area contributed by atoms with Crippen LogP contribution in [0.1, 0.15) is 33.3 Å². The fourth-order valence-corrected chi connectivity index (χ4v) is 5.55. The maximum Gasteiger partial charge on any atom is 0.197 e. The minimum atomic E-state index is -0.220. The predicted octanol–water partition coefficient (Wildman–Crippen LogP) is 7.05. The predicted molar refractivity (Wildman–Crippen MR) is 134 cm³/mol. The summed E-state index contributed by atoms with van der Waals surface area (Å²) in [5.41, 5.74) is 3.82. The molecule has 0 N–H and O–H groups in total. The molecule has 1 aliphatic rings. The number of carbonyl (C=O) groups excluding carboxylic acids is 2. The van der Waals surface area contributed by atoms with Gasteiger partial charge in [-0.3, -0.25) is 9.59 Å². The molecular weight excluding hydrogens is 452 g/mol. The van der Waals surface area contributed by atoms with Crippen molar-refractivity contribution in [3.63, 3.8) is 0 Å². The summed E-state index contributed by atoms with van der Waals surface area (Å²) in [7, 11) is 0. The Morgan fingerprint density at radius 3 is 2.18 bits per heavy atom. The molecule has 1 aliphatic carbocycles. The zero-order valence-electron chi connectivity index (χ0n) is 17.6. The zero-order valence-corrected chi connectivity index (χ0v) is 19.2. The highest BCUT2D eigenvalue weighted by molar-refractivity contribution is 7.21. The summed E-state index contributed by atoms with van der Waals surface area (Å²) in [6.45, 7) is 2.70. The molecule has 0 fully saturated rings. The Morgan fingerprint density at radius 2 is 1.58 bits per heavy atom. The van der Waals surface area contributed by atoms with E-state index < -0.39 is 0 Å². The average molecular weight is 469 g/mol. The molecule has 0 radical (unpaired) electrons. The van der Waals surface area contributed by atoms with Gasteiger partial charge in [-0.2, -0.15) is 0 Å². The van der Waals surface area contributed by atoms with Crippen LogP contribution in [0.25, 0.3) is 37.8 Å². The quantitative estimate of drug-likeness (QED) is 0.210. The van der Waals surface area contributed by atoms with Gasteiger partial charge in [-0.25, -0.2) is 4.98 Å². The van der Waals surface area contributed by atoms with Crippen LogP contribution in [0.15, 0.2) is 72.3 Å². The van der Waals surface area contributed by atoms with E-state index in [1.165, 1.54) is 0 Å². The van der Waals surface area contributed by atoms with Crippen molar-refractivity contribution in [2.45, 2.75) is 13.5 Å². The Labute approximate surface area is 198 Å². The number of Topliss-reactive ketones (excluding diaryl/α,β-unsaturated/α-hetero) is 2. The van der Waals surface area contributed by atoms with E-state index in [-0.39, 0.29) is 17.1 Å². The highest BCUT2D eigenvalue weighted by Crippen LogP contribution is 2.35. The van der Waals surface area contributed by atoms with Gasteiger partial charge in [0, 0.05) is 34.0 Å². The van der Waals surface area contributed by atoms with E-state index >= 15 is 0 Å². The Morgan fingerprint density at radius 1 is 0.939 bits per heavy atom. The lowest BCUT2D eigenvalue weighted by Gasteiger charge is -2.04. The van der Waals surface area contributed by atoms with Gasteiger partial charge in [0.1, 0.15) is 5.01 Å². The van der Waals surface area contributed by atoms with Gasteiger partial charge in [0.15, 0.2) is 17.2 Å². The maximum atomic E-state index is 13.2. The van der Waals surface area contributed by atoms with E-state index in [4.69, 9.17) is 16.6 Å². The normalized spacial score (nSPS) is 13.3. The van der Waals surface area contributed by atoms with Crippen LogP contribution in [0.4, 0.5) is 0 Å². The Hall–Kier alpha value is -3.54. The molecule has 0 saturated heterocycles. The number of hydrogen-bond acceptors (Lipinski definition) is 4. The van der Waals surface area contributed by atoms with Gasteiger partial charge in [-0.1, -0.05) is 48.0 Å². The number of benzene rings is 3. The highest BCUT2D eigenvalue weighted by Gasteiger charge is 2.33. The summed E-state index contributed by atoms with van der Waals surface area (Å²) < 4.78 is 3.05. The third-order valence-electron chi connectivity index (χ3n) is 6.04. The molecule has 0 saturated carbocycles. The second-order valence-electron chi connectivity index (χ2n) is 7.99. The minimum Gasteiger partial charge on any atom is -0.325 e. The van der Waals surface area contributed by atoms with Crippen LogP contribution in [0.5, 0.6) is 0 Å². The highest BCUT2D eigenvalue weighted by atomic mass is 35.5. The second kappa shape index (κ2) is 7.51. The molecule has 6 rings (SSSR count). The summed E-state index contributed by atoms with van der Waals surface area (Å²) >= 11 is 7.59. The maximum absolute atomic E-state index is 13.2. The molecule has 2 heterocycles. The molecule has 6 heteroatoms. The number of carbonyl (C=O) groups is 2. The van der Waals surface area contributed by atoms with Crippen molar-refractivity contribution in [2.75, 3.05) is 0 Å². The molecular formula is C27H17ClN2O2S. The van der Waals surface area contributed by atoms with Crippen LogP contribution < -0.4 is 0 Å². The van der Waals surface area contributed by atoms with E-state index in [1.807, 2.05) is 78.2 Å². The van der Waals surface area contributed by atoms with E-state index in [1.54, 1.807) is 17.4 Å². The summed E-state index contributed by atoms with van der Waals surface area (Å²) in [5, 5.41) is 3.50. The largest absolute Gasteiger partial charge is 0.325 e. The number of aryl methyl sites for hydroxylation is 1. The third kappa shape index (κ3) is 3.16. The van der Waals surface area contributed by atoms with E-state index in [0.29, 0.717) is 22.7 Å². The van der Waals surface area contributed by atoms with Crippen LogP contribution >= 0.6 is 22.9 Å². The topological polar surface area (TPSA) is 52.0 Å². The van der Waals surface area contributed by atoms with Gasteiger partial charge in [0.25, 0.3) is 0 Å². The molecule has 0 amide bonds. The molecule has 3 aromatic carbocycles. The van der Waals surface area contributed by atoms with Crippen LogP contribution in [0.2, 0.25) is 5.02 Å². The number of rotatable bonds is 3. The van der Waals surface area contributed by atoms with Gasteiger partial charge in [-0.05, 0) is 54.1 Å². The van der Waals surface area contributed by atoms with Crippen molar-refractivity contribution >= 4 is 61.7 Å². The zero-order chi connectivity index (χ0) is 22.7. The molecule has 0 unspecified atom stereocenters. The van der Waals surface area contributed by atoms with Crippen molar-refractivity contribution in [3.8, 4) is 10.6 Å². The first-order chi connectivity index (χ1) is 16.0. The fraction of sp³-hybridized carbons (Fsp3) is 0.0741. The van der Waals surface area contributed by atoms with Gasteiger partial charge in [-0.15, -0.1) is 11.3 Å². The molecule has 0 aliphatic heterocycles. The molecule has 2 aromatic heterocycles.